The van der Waals surface area contributed by atoms with Crippen LogP contribution in [0.25, 0.3) is 0 Å². The standard InChI is InChI=1S/C12H14BrN3O3S/c13-5-6-15-12(19)20-9-4-2-1-3-8(9)11(18)16-7-10(14)17/h1-4H,5-7H2,(H2,14,17)(H,15,19)(H,16,18). The minimum Gasteiger partial charge on any atom is -0.368 e. The van der Waals surface area contributed by atoms with Gasteiger partial charge in [-0.05, 0) is 23.9 Å². The zero-order valence-electron chi connectivity index (χ0n) is 10.5. The second-order valence-corrected chi connectivity index (χ2v) is 5.46. The number of carbonyl (C=O) groups excluding carboxylic acids is 3. The highest BCUT2D eigenvalue weighted by Crippen LogP contribution is 2.23. The molecule has 1 aromatic carbocycles. The van der Waals surface area contributed by atoms with Gasteiger partial charge in [0.05, 0.1) is 12.1 Å². The van der Waals surface area contributed by atoms with Crippen molar-refractivity contribution in [3.63, 3.8) is 0 Å². The van der Waals surface area contributed by atoms with Crippen LogP contribution in [-0.4, -0.2) is 35.5 Å². The van der Waals surface area contributed by atoms with E-state index >= 15 is 0 Å². The van der Waals surface area contributed by atoms with Crippen LogP contribution in [0.4, 0.5) is 4.79 Å². The van der Waals surface area contributed by atoms with Gasteiger partial charge in [-0.15, -0.1) is 0 Å². The number of amides is 3. The van der Waals surface area contributed by atoms with E-state index in [0.29, 0.717) is 22.3 Å². The zero-order chi connectivity index (χ0) is 15.0. The summed E-state index contributed by atoms with van der Waals surface area (Å²) in [6.07, 6.45) is 0. The fourth-order valence-corrected chi connectivity index (χ4v) is 2.28. The molecule has 0 aliphatic carbocycles. The first-order valence-corrected chi connectivity index (χ1v) is 7.65. The maximum absolute atomic E-state index is 11.9. The molecule has 1 aromatic rings. The summed E-state index contributed by atoms with van der Waals surface area (Å²) >= 11 is 4.13. The smallest absolute Gasteiger partial charge is 0.283 e. The third kappa shape index (κ3) is 5.62. The molecule has 4 N–H and O–H groups in total. The Balaban J connectivity index is 2.74. The van der Waals surface area contributed by atoms with Crippen LogP contribution in [0, 0.1) is 0 Å². The molecule has 0 aromatic heterocycles. The lowest BCUT2D eigenvalue weighted by Gasteiger charge is -2.08. The number of carbonyl (C=O) groups is 3. The molecule has 0 aliphatic heterocycles. The van der Waals surface area contributed by atoms with Crippen molar-refractivity contribution >= 4 is 44.7 Å². The van der Waals surface area contributed by atoms with E-state index in [0.717, 1.165) is 11.8 Å². The molecule has 0 aliphatic rings. The number of nitrogens with one attached hydrogen (secondary N) is 2. The quantitative estimate of drug-likeness (QED) is 0.522. The van der Waals surface area contributed by atoms with Crippen molar-refractivity contribution in [2.24, 2.45) is 5.73 Å². The lowest BCUT2D eigenvalue weighted by atomic mass is 10.2. The molecule has 0 saturated carbocycles. The minimum atomic E-state index is -0.626. The molecule has 0 bridgehead atoms. The summed E-state index contributed by atoms with van der Waals surface area (Å²) in [7, 11) is 0. The number of thioether (sulfide) groups is 1. The molecule has 0 radical (unpaired) electrons. The van der Waals surface area contributed by atoms with Crippen LogP contribution in [0.5, 0.6) is 0 Å². The average Bonchev–Trinajstić information content (AvgIpc) is 2.43. The third-order valence-corrected chi connectivity index (χ3v) is 3.42. The predicted octanol–water partition coefficient (Wildman–Crippen LogP) is 1.10. The Labute approximate surface area is 129 Å². The number of benzene rings is 1. The maximum atomic E-state index is 11.9. The van der Waals surface area contributed by atoms with Gasteiger partial charge in [-0.3, -0.25) is 14.4 Å². The molecular weight excluding hydrogens is 346 g/mol. The summed E-state index contributed by atoms with van der Waals surface area (Å²) in [4.78, 5) is 34.7. The van der Waals surface area contributed by atoms with Crippen LogP contribution in [0.15, 0.2) is 29.2 Å². The Kier molecular flexibility index (Phi) is 7.10. The predicted molar refractivity (Wildman–Crippen MR) is 81.0 cm³/mol. The van der Waals surface area contributed by atoms with Crippen molar-refractivity contribution in [3.05, 3.63) is 29.8 Å². The number of alkyl halides is 1. The lowest BCUT2D eigenvalue weighted by molar-refractivity contribution is -0.117. The van der Waals surface area contributed by atoms with E-state index in [1.54, 1.807) is 24.3 Å². The molecule has 0 saturated heterocycles. The fourth-order valence-electron chi connectivity index (χ4n) is 1.29. The van der Waals surface area contributed by atoms with E-state index in [4.69, 9.17) is 5.73 Å². The number of rotatable bonds is 6. The summed E-state index contributed by atoms with van der Waals surface area (Å²) in [5.41, 5.74) is 5.29. The third-order valence-electron chi connectivity index (χ3n) is 2.12. The van der Waals surface area contributed by atoms with Crippen molar-refractivity contribution in [3.8, 4) is 0 Å². The molecule has 0 spiro atoms. The molecule has 3 amide bonds. The van der Waals surface area contributed by atoms with E-state index in [1.165, 1.54) is 0 Å². The highest BCUT2D eigenvalue weighted by atomic mass is 79.9. The van der Waals surface area contributed by atoms with Gasteiger partial charge in [-0.1, -0.05) is 28.1 Å². The van der Waals surface area contributed by atoms with Gasteiger partial charge in [0, 0.05) is 16.8 Å². The molecular formula is C12H14BrN3O3S. The largest absolute Gasteiger partial charge is 0.368 e. The Morgan fingerprint density at radius 1 is 1.20 bits per heavy atom. The first-order chi connectivity index (χ1) is 9.54. The topological polar surface area (TPSA) is 101 Å². The summed E-state index contributed by atoms with van der Waals surface area (Å²) in [6.45, 7) is 0.259. The number of primary amides is 1. The van der Waals surface area contributed by atoms with E-state index in [9.17, 15) is 14.4 Å². The SMILES string of the molecule is NC(=O)CNC(=O)c1ccccc1SC(=O)NCCBr. The second-order valence-electron chi connectivity index (χ2n) is 3.65. The first kappa shape index (κ1) is 16.5. The molecule has 20 heavy (non-hydrogen) atoms. The van der Waals surface area contributed by atoms with Gasteiger partial charge in [0.25, 0.3) is 11.1 Å². The van der Waals surface area contributed by atoms with E-state index in [1.807, 2.05) is 0 Å². The molecule has 0 heterocycles. The Morgan fingerprint density at radius 3 is 2.55 bits per heavy atom. The molecule has 1 rings (SSSR count). The summed E-state index contributed by atoms with van der Waals surface area (Å²) in [5, 5.41) is 5.46. The first-order valence-electron chi connectivity index (χ1n) is 5.71. The lowest BCUT2D eigenvalue weighted by Crippen LogP contribution is -2.33. The van der Waals surface area contributed by atoms with Crippen molar-refractivity contribution in [2.75, 3.05) is 18.4 Å². The maximum Gasteiger partial charge on any atom is 0.283 e. The van der Waals surface area contributed by atoms with Gasteiger partial charge < -0.3 is 16.4 Å². The number of hydrogen-bond donors (Lipinski definition) is 3. The molecule has 8 heteroatoms. The molecule has 6 nitrogen and oxygen atoms in total. The normalized spacial score (nSPS) is 9.85. The van der Waals surface area contributed by atoms with E-state index in [2.05, 4.69) is 26.6 Å². The van der Waals surface area contributed by atoms with Gasteiger partial charge in [-0.2, -0.15) is 0 Å². The van der Waals surface area contributed by atoms with E-state index < -0.39 is 11.8 Å². The number of halogens is 1. The van der Waals surface area contributed by atoms with Crippen LogP contribution < -0.4 is 16.4 Å². The Morgan fingerprint density at radius 2 is 1.90 bits per heavy atom. The van der Waals surface area contributed by atoms with Gasteiger partial charge in [-0.25, -0.2) is 0 Å². The summed E-state index contributed by atoms with van der Waals surface area (Å²) < 4.78 is 0. The Hall–Kier alpha value is -1.54. The van der Waals surface area contributed by atoms with Crippen molar-refractivity contribution < 1.29 is 14.4 Å². The van der Waals surface area contributed by atoms with Gasteiger partial charge >= 0.3 is 0 Å². The van der Waals surface area contributed by atoms with E-state index in [-0.39, 0.29) is 11.8 Å². The summed E-state index contributed by atoms with van der Waals surface area (Å²) in [5.74, 6) is -1.07. The highest BCUT2D eigenvalue weighted by molar-refractivity contribution is 9.09. The van der Waals surface area contributed by atoms with Gasteiger partial charge in [0.1, 0.15) is 0 Å². The zero-order valence-corrected chi connectivity index (χ0v) is 12.9. The van der Waals surface area contributed by atoms with Crippen molar-refractivity contribution in [2.45, 2.75) is 4.90 Å². The monoisotopic (exact) mass is 359 g/mol. The second kappa shape index (κ2) is 8.60. The average molecular weight is 360 g/mol. The molecule has 0 unspecified atom stereocenters. The van der Waals surface area contributed by atoms with Crippen LogP contribution in [0.3, 0.4) is 0 Å². The van der Waals surface area contributed by atoms with Crippen LogP contribution >= 0.6 is 27.7 Å². The molecule has 0 fully saturated rings. The van der Waals surface area contributed by atoms with Crippen molar-refractivity contribution in [1.82, 2.24) is 10.6 Å². The van der Waals surface area contributed by atoms with Gasteiger partial charge in [0.2, 0.25) is 5.91 Å². The van der Waals surface area contributed by atoms with Gasteiger partial charge in [0.15, 0.2) is 0 Å². The van der Waals surface area contributed by atoms with Crippen LogP contribution in [0.2, 0.25) is 0 Å². The molecule has 0 atom stereocenters. The molecule has 108 valence electrons. The Bertz CT molecular complexity index is 510. The number of nitrogens with two attached hydrogens (primary N) is 1. The van der Waals surface area contributed by atoms with Crippen LogP contribution in [0.1, 0.15) is 10.4 Å². The fraction of sp³-hybridized carbons (Fsp3) is 0.250. The highest BCUT2D eigenvalue weighted by Gasteiger charge is 2.14. The number of hydrogen-bond acceptors (Lipinski definition) is 4. The van der Waals surface area contributed by atoms with Crippen LogP contribution in [-0.2, 0) is 4.79 Å². The summed E-state index contributed by atoms with van der Waals surface area (Å²) in [6, 6.07) is 6.65. The minimum absolute atomic E-state index is 0.242. The van der Waals surface area contributed by atoms with Crippen molar-refractivity contribution in [1.29, 1.82) is 0 Å².